The summed E-state index contributed by atoms with van der Waals surface area (Å²) in [5.41, 5.74) is 4.99. The van der Waals surface area contributed by atoms with Crippen LogP contribution in [0, 0.1) is 27.7 Å². The third-order valence-corrected chi connectivity index (χ3v) is 8.42. The van der Waals surface area contributed by atoms with Crippen molar-refractivity contribution in [1.82, 2.24) is 10.2 Å². The van der Waals surface area contributed by atoms with Crippen LogP contribution >= 0.6 is 0 Å². The average Bonchev–Trinajstić information content (AvgIpc) is 2.86. The van der Waals surface area contributed by atoms with E-state index in [4.69, 9.17) is 0 Å². The van der Waals surface area contributed by atoms with Crippen LogP contribution in [0.15, 0.2) is 71.6 Å². The van der Waals surface area contributed by atoms with Gasteiger partial charge in [-0.3, -0.25) is 13.9 Å². The molecule has 0 aliphatic carbocycles. The second-order valence-corrected chi connectivity index (χ2v) is 12.6. The molecule has 8 heteroatoms. The molecule has 3 aromatic carbocycles. The van der Waals surface area contributed by atoms with Gasteiger partial charge in [0, 0.05) is 12.6 Å². The summed E-state index contributed by atoms with van der Waals surface area (Å²) >= 11 is 0. The standard InChI is InChI=1S/C32H41N3O4S/c1-8-30(32(37)33-22(2)3)34(20-27-11-9-10-24(5)17-27)31(36)21-35(28-18-25(6)16-26(7)19-28)40(38,39)29-14-12-23(4)13-15-29/h9-19,22,30H,8,20-21H2,1-7H3,(H,33,37)/t30-/m1/s1. The number of nitrogens with zero attached hydrogens (tertiary/aromatic N) is 2. The quantitative estimate of drug-likeness (QED) is 0.336. The molecule has 3 rings (SSSR count). The molecule has 2 amide bonds. The lowest BCUT2D eigenvalue weighted by Crippen LogP contribution is -2.53. The van der Waals surface area contributed by atoms with Crippen molar-refractivity contribution >= 4 is 27.5 Å². The van der Waals surface area contributed by atoms with E-state index in [0.29, 0.717) is 12.1 Å². The Morgan fingerprint density at radius 3 is 2.00 bits per heavy atom. The first-order valence-corrected chi connectivity index (χ1v) is 15.1. The monoisotopic (exact) mass is 563 g/mol. The Balaban J connectivity index is 2.10. The van der Waals surface area contributed by atoms with Crippen molar-refractivity contribution in [3.8, 4) is 0 Å². The maximum Gasteiger partial charge on any atom is 0.264 e. The Labute approximate surface area is 239 Å². The summed E-state index contributed by atoms with van der Waals surface area (Å²) in [6.07, 6.45) is 0.379. The van der Waals surface area contributed by atoms with Gasteiger partial charge in [0.2, 0.25) is 11.8 Å². The summed E-state index contributed by atoms with van der Waals surface area (Å²) < 4.78 is 29.2. The van der Waals surface area contributed by atoms with Gasteiger partial charge in [-0.15, -0.1) is 0 Å². The number of carbonyl (C=O) groups is 2. The molecular weight excluding hydrogens is 522 g/mol. The lowest BCUT2D eigenvalue weighted by molar-refractivity contribution is -0.140. The van der Waals surface area contributed by atoms with Crippen molar-refractivity contribution in [1.29, 1.82) is 0 Å². The number of rotatable bonds is 11. The summed E-state index contributed by atoms with van der Waals surface area (Å²) in [5, 5.41) is 2.92. The summed E-state index contributed by atoms with van der Waals surface area (Å²) in [5.74, 6) is -0.722. The van der Waals surface area contributed by atoms with Crippen molar-refractivity contribution in [3.05, 3.63) is 94.5 Å². The Hall–Kier alpha value is -3.65. The fraction of sp³-hybridized carbons (Fsp3) is 0.375. The number of aryl methyl sites for hydroxylation is 4. The first-order valence-electron chi connectivity index (χ1n) is 13.6. The van der Waals surface area contributed by atoms with E-state index < -0.39 is 28.5 Å². The fourth-order valence-electron chi connectivity index (χ4n) is 4.77. The Bertz CT molecular complexity index is 1430. The highest BCUT2D eigenvalue weighted by molar-refractivity contribution is 7.92. The molecule has 0 fully saturated rings. The van der Waals surface area contributed by atoms with Crippen LogP contribution in [0.4, 0.5) is 5.69 Å². The van der Waals surface area contributed by atoms with Gasteiger partial charge in [0.1, 0.15) is 12.6 Å². The van der Waals surface area contributed by atoms with E-state index in [2.05, 4.69) is 5.32 Å². The van der Waals surface area contributed by atoms with Gasteiger partial charge >= 0.3 is 0 Å². The number of anilines is 1. The summed E-state index contributed by atoms with van der Waals surface area (Å²) in [4.78, 5) is 29.0. The number of nitrogens with one attached hydrogen (secondary N) is 1. The zero-order chi connectivity index (χ0) is 29.6. The molecule has 0 unspecified atom stereocenters. The summed E-state index contributed by atoms with van der Waals surface area (Å²) in [7, 11) is -4.10. The first-order chi connectivity index (χ1) is 18.8. The minimum atomic E-state index is -4.10. The predicted molar refractivity (Wildman–Crippen MR) is 161 cm³/mol. The second-order valence-electron chi connectivity index (χ2n) is 10.8. The van der Waals surface area contributed by atoms with Gasteiger partial charge in [0.15, 0.2) is 0 Å². The maximum absolute atomic E-state index is 14.1. The lowest BCUT2D eigenvalue weighted by Gasteiger charge is -2.33. The number of benzene rings is 3. The molecule has 0 aliphatic heterocycles. The van der Waals surface area contributed by atoms with Crippen LogP contribution in [0.3, 0.4) is 0 Å². The highest BCUT2D eigenvalue weighted by Crippen LogP contribution is 2.27. The van der Waals surface area contributed by atoms with Crippen LogP contribution in [0.2, 0.25) is 0 Å². The molecule has 214 valence electrons. The van der Waals surface area contributed by atoms with Crippen LogP contribution in [0.25, 0.3) is 0 Å². The number of sulfonamides is 1. The van der Waals surface area contributed by atoms with Crippen molar-refractivity contribution in [3.63, 3.8) is 0 Å². The van der Waals surface area contributed by atoms with Crippen LogP contribution in [-0.4, -0.2) is 43.8 Å². The van der Waals surface area contributed by atoms with E-state index in [0.717, 1.165) is 32.1 Å². The second kappa shape index (κ2) is 13.1. The van der Waals surface area contributed by atoms with Crippen LogP contribution in [0.1, 0.15) is 55.0 Å². The topological polar surface area (TPSA) is 86.8 Å². The van der Waals surface area contributed by atoms with E-state index >= 15 is 0 Å². The number of hydrogen-bond donors (Lipinski definition) is 1. The van der Waals surface area contributed by atoms with Crippen LogP contribution < -0.4 is 9.62 Å². The number of hydrogen-bond acceptors (Lipinski definition) is 4. The van der Waals surface area contributed by atoms with E-state index in [9.17, 15) is 18.0 Å². The SMILES string of the molecule is CC[C@H](C(=O)NC(C)C)N(Cc1cccc(C)c1)C(=O)CN(c1cc(C)cc(C)c1)S(=O)(=O)c1ccc(C)cc1. The van der Waals surface area contributed by atoms with Gasteiger partial charge in [-0.2, -0.15) is 0 Å². The summed E-state index contributed by atoms with van der Waals surface area (Å²) in [6, 6.07) is 19.0. The largest absolute Gasteiger partial charge is 0.352 e. The van der Waals surface area contributed by atoms with Crippen molar-refractivity contribution in [2.75, 3.05) is 10.8 Å². The minimum absolute atomic E-state index is 0.0971. The van der Waals surface area contributed by atoms with Crippen molar-refractivity contribution < 1.29 is 18.0 Å². The first kappa shape index (κ1) is 30.9. The lowest BCUT2D eigenvalue weighted by atomic mass is 10.1. The third kappa shape index (κ3) is 7.72. The maximum atomic E-state index is 14.1. The molecule has 0 aliphatic rings. The molecule has 0 saturated heterocycles. The van der Waals surface area contributed by atoms with Gasteiger partial charge < -0.3 is 10.2 Å². The fourth-order valence-corrected chi connectivity index (χ4v) is 6.17. The molecule has 0 aromatic heterocycles. The molecule has 0 radical (unpaired) electrons. The van der Waals surface area contributed by atoms with Gasteiger partial charge in [0.05, 0.1) is 10.6 Å². The average molecular weight is 564 g/mol. The Morgan fingerprint density at radius 2 is 1.45 bits per heavy atom. The molecule has 1 N–H and O–H groups in total. The highest BCUT2D eigenvalue weighted by Gasteiger charge is 2.34. The normalized spacial score (nSPS) is 12.2. The Morgan fingerprint density at radius 1 is 0.825 bits per heavy atom. The molecule has 40 heavy (non-hydrogen) atoms. The highest BCUT2D eigenvalue weighted by atomic mass is 32.2. The van der Waals surface area contributed by atoms with Gasteiger partial charge in [-0.1, -0.05) is 60.5 Å². The smallest absolute Gasteiger partial charge is 0.264 e. The van der Waals surface area contributed by atoms with Gasteiger partial charge in [-0.25, -0.2) is 8.42 Å². The van der Waals surface area contributed by atoms with E-state index in [1.54, 1.807) is 36.4 Å². The van der Waals surface area contributed by atoms with Crippen molar-refractivity contribution in [2.45, 2.75) is 78.4 Å². The predicted octanol–water partition coefficient (Wildman–Crippen LogP) is 5.45. The molecule has 3 aromatic rings. The van der Waals surface area contributed by atoms with Gasteiger partial charge in [0.25, 0.3) is 10.0 Å². The molecule has 7 nitrogen and oxygen atoms in total. The third-order valence-electron chi connectivity index (χ3n) is 6.63. The van der Waals surface area contributed by atoms with E-state index in [1.807, 2.05) is 78.8 Å². The van der Waals surface area contributed by atoms with E-state index in [-0.39, 0.29) is 23.4 Å². The van der Waals surface area contributed by atoms with Crippen LogP contribution in [-0.2, 0) is 26.2 Å². The Kier molecular flexibility index (Phi) is 10.1. The molecular formula is C32H41N3O4S. The molecule has 1 atom stereocenters. The molecule has 0 spiro atoms. The zero-order valence-electron chi connectivity index (χ0n) is 24.6. The van der Waals surface area contributed by atoms with E-state index in [1.165, 1.54) is 4.90 Å². The molecule has 0 heterocycles. The summed E-state index contributed by atoms with van der Waals surface area (Å²) in [6.45, 7) is 13.0. The number of carbonyl (C=O) groups excluding carboxylic acids is 2. The molecule has 0 bridgehead atoms. The number of amides is 2. The zero-order valence-corrected chi connectivity index (χ0v) is 25.4. The van der Waals surface area contributed by atoms with Crippen LogP contribution in [0.5, 0.6) is 0 Å². The molecule has 0 saturated carbocycles. The minimum Gasteiger partial charge on any atom is -0.352 e. The van der Waals surface area contributed by atoms with Crippen molar-refractivity contribution in [2.24, 2.45) is 0 Å². The van der Waals surface area contributed by atoms with Gasteiger partial charge in [-0.05, 0) is 88.9 Å².